The molecule has 0 aliphatic heterocycles. The van der Waals surface area contributed by atoms with E-state index in [0.29, 0.717) is 11.4 Å². The summed E-state index contributed by atoms with van der Waals surface area (Å²) < 4.78 is 5.15. The summed E-state index contributed by atoms with van der Waals surface area (Å²) in [6, 6.07) is 14.4. The van der Waals surface area contributed by atoms with Gasteiger partial charge in [0.05, 0.1) is 25.9 Å². The lowest BCUT2D eigenvalue weighted by Gasteiger charge is -2.19. The quantitative estimate of drug-likeness (QED) is 0.640. The van der Waals surface area contributed by atoms with Crippen LogP contribution in [0.15, 0.2) is 48.5 Å². The van der Waals surface area contributed by atoms with Crippen LogP contribution in [0.3, 0.4) is 0 Å². The fourth-order valence-corrected chi connectivity index (χ4v) is 2.07. The van der Waals surface area contributed by atoms with Gasteiger partial charge in [0.15, 0.2) is 0 Å². The Morgan fingerprint density at radius 2 is 2.04 bits per heavy atom. The van der Waals surface area contributed by atoms with Gasteiger partial charge in [0, 0.05) is 12.5 Å². The third-order valence-electron chi connectivity index (χ3n) is 3.21. The number of para-hydroxylation sites is 2. The summed E-state index contributed by atoms with van der Waals surface area (Å²) in [6.07, 6.45) is 0. The van der Waals surface area contributed by atoms with E-state index in [0.717, 1.165) is 11.3 Å². The molecule has 0 aliphatic carbocycles. The van der Waals surface area contributed by atoms with Gasteiger partial charge in [0.2, 0.25) is 11.6 Å². The Bertz CT molecular complexity index is 810. The van der Waals surface area contributed by atoms with E-state index in [1.807, 2.05) is 24.3 Å². The Kier molecular flexibility index (Phi) is 5.39. The SMILES string of the molecule is [C-]#[N+]c1ccccc1N(CC#Cc1cccc(OC)c1)C(C)=O. The lowest BCUT2D eigenvalue weighted by Crippen LogP contribution is -2.28. The van der Waals surface area contributed by atoms with Gasteiger partial charge < -0.3 is 9.64 Å². The van der Waals surface area contributed by atoms with Crippen molar-refractivity contribution in [1.82, 2.24) is 0 Å². The first-order valence-electron chi connectivity index (χ1n) is 7.03. The third-order valence-corrected chi connectivity index (χ3v) is 3.21. The van der Waals surface area contributed by atoms with Gasteiger partial charge in [-0.05, 0) is 24.3 Å². The maximum Gasteiger partial charge on any atom is 0.223 e. The summed E-state index contributed by atoms with van der Waals surface area (Å²) in [7, 11) is 1.60. The average molecular weight is 304 g/mol. The molecule has 0 saturated heterocycles. The molecule has 0 spiro atoms. The third kappa shape index (κ3) is 4.12. The molecule has 4 heteroatoms. The number of hydrogen-bond donors (Lipinski definition) is 0. The fraction of sp³-hybridized carbons (Fsp3) is 0.158. The molecule has 0 unspecified atom stereocenters. The summed E-state index contributed by atoms with van der Waals surface area (Å²) in [5, 5.41) is 0. The molecule has 0 fully saturated rings. The van der Waals surface area contributed by atoms with Gasteiger partial charge in [-0.15, -0.1) is 0 Å². The predicted molar refractivity (Wildman–Crippen MR) is 90.6 cm³/mol. The van der Waals surface area contributed by atoms with Crippen molar-refractivity contribution in [3.63, 3.8) is 0 Å². The second-order valence-corrected chi connectivity index (χ2v) is 4.74. The smallest absolute Gasteiger partial charge is 0.223 e. The normalized spacial score (nSPS) is 9.26. The van der Waals surface area contributed by atoms with Gasteiger partial charge in [0.25, 0.3) is 0 Å². The van der Waals surface area contributed by atoms with Crippen LogP contribution in [0.5, 0.6) is 5.75 Å². The molecule has 2 aromatic rings. The molecule has 0 aliphatic rings. The van der Waals surface area contributed by atoms with Crippen LogP contribution in [0.1, 0.15) is 12.5 Å². The van der Waals surface area contributed by atoms with Crippen molar-refractivity contribution >= 4 is 17.3 Å². The van der Waals surface area contributed by atoms with E-state index in [-0.39, 0.29) is 12.5 Å². The Hall–Kier alpha value is -3.24. The Morgan fingerprint density at radius 1 is 1.26 bits per heavy atom. The number of carbonyl (C=O) groups is 1. The minimum absolute atomic E-state index is 0.152. The van der Waals surface area contributed by atoms with Gasteiger partial charge in [-0.25, -0.2) is 4.85 Å². The highest BCUT2D eigenvalue weighted by Crippen LogP contribution is 2.28. The summed E-state index contributed by atoms with van der Waals surface area (Å²) in [6.45, 7) is 8.90. The number of ether oxygens (including phenoxy) is 1. The second kappa shape index (κ2) is 7.68. The number of rotatable bonds is 3. The first-order valence-corrected chi connectivity index (χ1v) is 7.03. The maximum atomic E-state index is 11.9. The number of benzene rings is 2. The minimum Gasteiger partial charge on any atom is -0.497 e. The number of hydrogen-bond acceptors (Lipinski definition) is 2. The number of carbonyl (C=O) groups excluding carboxylic acids is 1. The first-order chi connectivity index (χ1) is 11.2. The second-order valence-electron chi connectivity index (χ2n) is 4.74. The van der Waals surface area contributed by atoms with Crippen LogP contribution in [-0.4, -0.2) is 19.6 Å². The molecule has 2 rings (SSSR count). The van der Waals surface area contributed by atoms with Crippen LogP contribution in [0.25, 0.3) is 4.85 Å². The molecule has 0 saturated carbocycles. The molecule has 0 heterocycles. The van der Waals surface area contributed by atoms with Crippen LogP contribution in [-0.2, 0) is 4.79 Å². The predicted octanol–water partition coefficient (Wildman–Crippen LogP) is 3.65. The minimum atomic E-state index is -0.152. The summed E-state index contributed by atoms with van der Waals surface area (Å²) in [5.74, 6) is 6.57. The van der Waals surface area contributed by atoms with E-state index in [9.17, 15) is 4.79 Å². The summed E-state index contributed by atoms with van der Waals surface area (Å²) in [5.41, 5.74) is 1.83. The van der Waals surface area contributed by atoms with E-state index in [4.69, 9.17) is 11.3 Å². The van der Waals surface area contributed by atoms with Crippen molar-refractivity contribution in [2.24, 2.45) is 0 Å². The van der Waals surface area contributed by atoms with E-state index >= 15 is 0 Å². The standard InChI is InChI=1S/C19H16N2O2/c1-15(22)21(19-12-5-4-11-18(19)20-2)13-7-9-16-8-6-10-17(14-16)23-3/h4-6,8,10-12,14H,13H2,1,3H3. The largest absolute Gasteiger partial charge is 0.497 e. The van der Waals surface area contributed by atoms with Gasteiger partial charge in [-0.2, -0.15) is 0 Å². The molecular weight excluding hydrogens is 288 g/mol. The Labute approximate surface area is 136 Å². The molecule has 1 amide bonds. The molecule has 0 N–H and O–H groups in total. The zero-order valence-electron chi connectivity index (χ0n) is 13.0. The highest BCUT2D eigenvalue weighted by molar-refractivity contribution is 5.95. The van der Waals surface area contributed by atoms with Crippen LogP contribution < -0.4 is 9.64 Å². The topological polar surface area (TPSA) is 33.9 Å². The Morgan fingerprint density at radius 3 is 2.74 bits per heavy atom. The molecule has 2 aromatic carbocycles. The summed E-state index contributed by atoms with van der Waals surface area (Å²) in [4.78, 5) is 16.8. The molecule has 114 valence electrons. The van der Waals surface area contributed by atoms with Gasteiger partial charge in [-0.1, -0.05) is 36.1 Å². The van der Waals surface area contributed by atoms with Crippen molar-refractivity contribution < 1.29 is 9.53 Å². The molecule has 0 bridgehead atoms. The number of anilines is 1. The molecule has 0 radical (unpaired) electrons. The zero-order chi connectivity index (χ0) is 16.7. The van der Waals surface area contributed by atoms with Crippen molar-refractivity contribution in [3.8, 4) is 17.6 Å². The lowest BCUT2D eigenvalue weighted by atomic mass is 10.2. The van der Waals surface area contributed by atoms with E-state index in [2.05, 4.69) is 16.7 Å². The van der Waals surface area contributed by atoms with E-state index in [1.54, 1.807) is 31.4 Å². The van der Waals surface area contributed by atoms with Gasteiger partial charge in [-0.3, -0.25) is 4.79 Å². The molecule has 0 aromatic heterocycles. The summed E-state index contributed by atoms with van der Waals surface area (Å²) >= 11 is 0. The molecule has 4 nitrogen and oxygen atoms in total. The molecule has 23 heavy (non-hydrogen) atoms. The van der Waals surface area contributed by atoms with Crippen molar-refractivity contribution in [3.05, 3.63) is 65.5 Å². The van der Waals surface area contributed by atoms with Crippen LogP contribution >= 0.6 is 0 Å². The van der Waals surface area contributed by atoms with Crippen molar-refractivity contribution in [2.75, 3.05) is 18.6 Å². The van der Waals surface area contributed by atoms with E-state index in [1.165, 1.54) is 11.8 Å². The highest BCUT2D eigenvalue weighted by atomic mass is 16.5. The lowest BCUT2D eigenvalue weighted by molar-refractivity contribution is -0.116. The van der Waals surface area contributed by atoms with Gasteiger partial charge >= 0.3 is 0 Å². The number of amides is 1. The highest BCUT2D eigenvalue weighted by Gasteiger charge is 2.13. The Balaban J connectivity index is 2.23. The number of nitrogens with zero attached hydrogens (tertiary/aromatic N) is 2. The first kappa shape index (κ1) is 16.1. The van der Waals surface area contributed by atoms with E-state index < -0.39 is 0 Å². The van der Waals surface area contributed by atoms with Gasteiger partial charge in [0.1, 0.15) is 5.75 Å². The monoisotopic (exact) mass is 304 g/mol. The maximum absolute atomic E-state index is 11.9. The average Bonchev–Trinajstić information content (AvgIpc) is 2.58. The van der Waals surface area contributed by atoms with Crippen LogP contribution in [0, 0.1) is 18.4 Å². The molecule has 0 atom stereocenters. The van der Waals surface area contributed by atoms with Crippen LogP contribution in [0.2, 0.25) is 0 Å². The fourth-order valence-electron chi connectivity index (χ4n) is 2.07. The zero-order valence-corrected chi connectivity index (χ0v) is 13.0. The van der Waals surface area contributed by atoms with Crippen LogP contribution in [0.4, 0.5) is 11.4 Å². The molecular formula is C19H16N2O2. The number of methoxy groups -OCH3 is 1. The van der Waals surface area contributed by atoms with Crippen molar-refractivity contribution in [1.29, 1.82) is 0 Å². The van der Waals surface area contributed by atoms with Crippen molar-refractivity contribution in [2.45, 2.75) is 6.92 Å².